The number of aryl methyl sites for hydroxylation is 1. The predicted molar refractivity (Wildman–Crippen MR) is 53.2 cm³/mol. The standard InChI is InChI=1S/C6H8BrNO2S2/c1-12(9,10)3-2-5-4-11-6(7)8-5/h4H,2-3H2,1H3. The van der Waals surface area contributed by atoms with Gasteiger partial charge in [0.1, 0.15) is 9.84 Å². The van der Waals surface area contributed by atoms with Crippen LogP contribution < -0.4 is 0 Å². The SMILES string of the molecule is CS(=O)(=O)CCc1csc(Br)n1. The fourth-order valence-electron chi connectivity index (χ4n) is 0.687. The summed E-state index contributed by atoms with van der Waals surface area (Å²) in [5.74, 6) is 0.170. The third-order valence-corrected chi connectivity index (χ3v) is 3.61. The van der Waals surface area contributed by atoms with E-state index >= 15 is 0 Å². The maximum absolute atomic E-state index is 10.8. The molecule has 1 rings (SSSR count). The van der Waals surface area contributed by atoms with Crippen molar-refractivity contribution in [3.05, 3.63) is 15.0 Å². The molecule has 0 unspecified atom stereocenters. The third kappa shape index (κ3) is 3.64. The molecule has 0 aromatic carbocycles. The Balaban J connectivity index is 2.55. The van der Waals surface area contributed by atoms with Gasteiger partial charge in [-0.2, -0.15) is 0 Å². The number of aromatic nitrogens is 1. The van der Waals surface area contributed by atoms with Crippen molar-refractivity contribution in [1.29, 1.82) is 0 Å². The largest absolute Gasteiger partial charge is 0.234 e. The van der Waals surface area contributed by atoms with Gasteiger partial charge in [-0.1, -0.05) is 0 Å². The molecule has 1 aromatic rings. The zero-order chi connectivity index (χ0) is 9.19. The van der Waals surface area contributed by atoms with E-state index in [1.165, 1.54) is 17.6 Å². The van der Waals surface area contributed by atoms with Crippen LogP contribution in [0.3, 0.4) is 0 Å². The summed E-state index contributed by atoms with van der Waals surface area (Å²) in [6, 6.07) is 0. The summed E-state index contributed by atoms with van der Waals surface area (Å²) in [6.45, 7) is 0. The van der Waals surface area contributed by atoms with E-state index in [2.05, 4.69) is 20.9 Å². The summed E-state index contributed by atoms with van der Waals surface area (Å²) < 4.78 is 22.3. The van der Waals surface area contributed by atoms with Crippen molar-refractivity contribution in [2.45, 2.75) is 6.42 Å². The first kappa shape index (κ1) is 10.1. The lowest BCUT2D eigenvalue weighted by Gasteiger charge is -1.93. The molecule has 68 valence electrons. The number of rotatable bonds is 3. The van der Waals surface area contributed by atoms with Crippen LogP contribution in [0.2, 0.25) is 0 Å². The lowest BCUT2D eigenvalue weighted by atomic mass is 10.4. The van der Waals surface area contributed by atoms with E-state index in [1.807, 2.05) is 5.38 Å². The summed E-state index contributed by atoms with van der Waals surface area (Å²) >= 11 is 4.68. The molecule has 0 saturated heterocycles. The molecule has 0 radical (unpaired) electrons. The number of hydrogen-bond acceptors (Lipinski definition) is 4. The topological polar surface area (TPSA) is 47.0 Å². The molecule has 1 heterocycles. The molecule has 1 aromatic heterocycles. The normalized spacial score (nSPS) is 11.8. The van der Waals surface area contributed by atoms with Gasteiger partial charge in [0, 0.05) is 18.1 Å². The van der Waals surface area contributed by atoms with Gasteiger partial charge in [-0.05, 0) is 15.9 Å². The molecule has 0 amide bonds. The number of sulfone groups is 1. The fourth-order valence-corrected chi connectivity index (χ4v) is 2.35. The highest BCUT2D eigenvalue weighted by Crippen LogP contribution is 2.16. The van der Waals surface area contributed by atoms with Crippen molar-refractivity contribution in [3.8, 4) is 0 Å². The number of hydrogen-bond donors (Lipinski definition) is 0. The Labute approximate surface area is 83.9 Å². The van der Waals surface area contributed by atoms with Crippen LogP contribution in [0, 0.1) is 0 Å². The third-order valence-electron chi connectivity index (χ3n) is 1.25. The van der Waals surface area contributed by atoms with Crippen molar-refractivity contribution in [3.63, 3.8) is 0 Å². The van der Waals surface area contributed by atoms with E-state index in [1.54, 1.807) is 0 Å². The lowest BCUT2D eigenvalue weighted by Crippen LogP contribution is -2.05. The summed E-state index contributed by atoms with van der Waals surface area (Å²) in [5, 5.41) is 1.86. The van der Waals surface area contributed by atoms with E-state index in [4.69, 9.17) is 0 Å². The molecule has 0 saturated carbocycles. The first-order chi connectivity index (χ1) is 5.47. The van der Waals surface area contributed by atoms with Gasteiger partial charge in [-0.25, -0.2) is 13.4 Å². The Kier molecular flexibility index (Phi) is 3.25. The second-order valence-electron chi connectivity index (χ2n) is 2.47. The van der Waals surface area contributed by atoms with Crippen LogP contribution in [0.5, 0.6) is 0 Å². The van der Waals surface area contributed by atoms with Crippen LogP contribution in [0.25, 0.3) is 0 Å². The molecule has 3 nitrogen and oxygen atoms in total. The Bertz CT molecular complexity index is 357. The zero-order valence-corrected chi connectivity index (χ0v) is 9.67. The molecule has 12 heavy (non-hydrogen) atoms. The Morgan fingerprint density at radius 3 is 2.75 bits per heavy atom. The Morgan fingerprint density at radius 1 is 1.67 bits per heavy atom. The molecule has 6 heteroatoms. The van der Waals surface area contributed by atoms with Gasteiger partial charge in [-0.15, -0.1) is 11.3 Å². The molecule has 0 N–H and O–H groups in total. The highest BCUT2D eigenvalue weighted by atomic mass is 79.9. The van der Waals surface area contributed by atoms with Crippen LogP contribution in [-0.4, -0.2) is 25.4 Å². The van der Waals surface area contributed by atoms with Gasteiger partial charge in [-0.3, -0.25) is 0 Å². The summed E-state index contributed by atoms with van der Waals surface area (Å²) in [5.41, 5.74) is 0.831. The van der Waals surface area contributed by atoms with Crippen LogP contribution >= 0.6 is 27.3 Å². The minimum absolute atomic E-state index is 0.170. The molecule has 0 spiro atoms. The Morgan fingerprint density at radius 2 is 2.33 bits per heavy atom. The number of thiazole rings is 1. The van der Waals surface area contributed by atoms with Crippen LogP contribution in [-0.2, 0) is 16.3 Å². The lowest BCUT2D eigenvalue weighted by molar-refractivity contribution is 0.601. The minimum atomic E-state index is -2.86. The first-order valence-corrected chi connectivity index (χ1v) is 6.98. The van der Waals surface area contributed by atoms with E-state index in [0.29, 0.717) is 6.42 Å². The van der Waals surface area contributed by atoms with Crippen LogP contribution in [0.4, 0.5) is 0 Å². The van der Waals surface area contributed by atoms with Crippen LogP contribution in [0.1, 0.15) is 5.69 Å². The maximum Gasteiger partial charge on any atom is 0.159 e. The highest BCUT2D eigenvalue weighted by molar-refractivity contribution is 9.11. The molecular formula is C6H8BrNO2S2. The van der Waals surface area contributed by atoms with Crippen molar-refractivity contribution in [2.75, 3.05) is 12.0 Å². The molecule has 0 bridgehead atoms. The summed E-state index contributed by atoms with van der Waals surface area (Å²) in [6.07, 6.45) is 1.73. The van der Waals surface area contributed by atoms with Crippen molar-refractivity contribution in [1.82, 2.24) is 4.98 Å². The van der Waals surface area contributed by atoms with Crippen LogP contribution in [0.15, 0.2) is 9.30 Å². The molecule has 0 fully saturated rings. The summed E-state index contributed by atoms with van der Waals surface area (Å²) in [7, 11) is -2.86. The second-order valence-corrected chi connectivity index (χ2v) is 6.87. The monoisotopic (exact) mass is 269 g/mol. The number of nitrogens with zero attached hydrogens (tertiary/aromatic N) is 1. The first-order valence-electron chi connectivity index (χ1n) is 3.25. The van der Waals surface area contributed by atoms with Crippen molar-refractivity contribution >= 4 is 37.1 Å². The smallest absolute Gasteiger partial charge is 0.159 e. The van der Waals surface area contributed by atoms with Gasteiger partial charge < -0.3 is 0 Å². The van der Waals surface area contributed by atoms with Gasteiger partial charge in [0.2, 0.25) is 0 Å². The van der Waals surface area contributed by atoms with Gasteiger partial charge >= 0.3 is 0 Å². The number of halogens is 1. The van der Waals surface area contributed by atoms with Crippen molar-refractivity contribution < 1.29 is 8.42 Å². The quantitative estimate of drug-likeness (QED) is 0.836. The molecule has 0 aliphatic heterocycles. The molecule has 0 aliphatic rings. The zero-order valence-electron chi connectivity index (χ0n) is 6.45. The fraction of sp³-hybridized carbons (Fsp3) is 0.500. The van der Waals surface area contributed by atoms with Gasteiger partial charge in [0.25, 0.3) is 0 Å². The Hall–Kier alpha value is 0.0600. The van der Waals surface area contributed by atoms with E-state index < -0.39 is 9.84 Å². The van der Waals surface area contributed by atoms with Crippen molar-refractivity contribution in [2.24, 2.45) is 0 Å². The van der Waals surface area contributed by atoms with E-state index in [9.17, 15) is 8.42 Å². The highest BCUT2D eigenvalue weighted by Gasteiger charge is 2.05. The average Bonchev–Trinajstić information content (AvgIpc) is 2.30. The molecular weight excluding hydrogens is 262 g/mol. The van der Waals surface area contributed by atoms with E-state index in [-0.39, 0.29) is 5.75 Å². The predicted octanol–water partition coefficient (Wildman–Crippen LogP) is 1.49. The maximum atomic E-state index is 10.8. The summed E-state index contributed by atoms with van der Waals surface area (Å²) in [4.78, 5) is 4.08. The molecule has 0 aliphatic carbocycles. The second kappa shape index (κ2) is 3.85. The minimum Gasteiger partial charge on any atom is -0.234 e. The average molecular weight is 270 g/mol. The van der Waals surface area contributed by atoms with Gasteiger partial charge in [0.05, 0.1) is 11.4 Å². The molecule has 0 atom stereocenters. The van der Waals surface area contributed by atoms with E-state index in [0.717, 1.165) is 9.61 Å². The van der Waals surface area contributed by atoms with Gasteiger partial charge in [0.15, 0.2) is 3.92 Å².